The Bertz CT molecular complexity index is 114. The van der Waals surface area contributed by atoms with Crippen molar-refractivity contribution in [2.45, 2.75) is 0 Å². The second-order valence-electron chi connectivity index (χ2n) is 1.53. The van der Waals surface area contributed by atoms with E-state index in [1.807, 2.05) is 7.05 Å². The van der Waals surface area contributed by atoms with Crippen LogP contribution < -0.4 is 5.73 Å². The van der Waals surface area contributed by atoms with Crippen LogP contribution in [0.5, 0.6) is 0 Å². The molecule has 0 radical (unpaired) electrons. The zero-order chi connectivity index (χ0) is 6.57. The molecule has 0 spiro atoms. The van der Waals surface area contributed by atoms with Crippen LogP contribution in [0.3, 0.4) is 0 Å². The van der Waals surface area contributed by atoms with Crippen LogP contribution in [0.4, 0.5) is 0 Å². The molecule has 0 aliphatic rings. The SMILES string of the molecule is C=CC[N+](C)=C(N)S. The third-order valence-corrected chi connectivity index (χ3v) is 1.14. The first kappa shape index (κ1) is 7.56. The van der Waals surface area contributed by atoms with Crippen molar-refractivity contribution in [2.24, 2.45) is 5.73 Å². The number of likely N-dealkylation sites (N-methyl/N-ethyl adjacent to an activating group) is 1. The van der Waals surface area contributed by atoms with Crippen LogP contribution in [0.25, 0.3) is 0 Å². The van der Waals surface area contributed by atoms with E-state index in [0.717, 1.165) is 6.54 Å². The molecular weight excluding hydrogens is 120 g/mol. The van der Waals surface area contributed by atoms with E-state index in [4.69, 9.17) is 5.73 Å². The smallest absolute Gasteiger partial charge is 0.282 e. The van der Waals surface area contributed by atoms with E-state index in [9.17, 15) is 0 Å². The van der Waals surface area contributed by atoms with Gasteiger partial charge in [0.05, 0.1) is 7.05 Å². The first-order valence-corrected chi connectivity index (χ1v) is 2.76. The van der Waals surface area contributed by atoms with Gasteiger partial charge < -0.3 is 0 Å². The van der Waals surface area contributed by atoms with Crippen LogP contribution in [-0.2, 0) is 0 Å². The minimum Gasteiger partial charge on any atom is -0.282 e. The minimum absolute atomic E-state index is 0.518. The molecule has 0 aliphatic heterocycles. The Balaban J connectivity index is 3.79. The van der Waals surface area contributed by atoms with Crippen molar-refractivity contribution < 1.29 is 4.58 Å². The van der Waals surface area contributed by atoms with Gasteiger partial charge in [-0.1, -0.05) is 25.3 Å². The predicted octanol–water partition coefficient (Wildman–Crippen LogP) is 0.0592. The molecule has 8 heavy (non-hydrogen) atoms. The lowest BCUT2D eigenvalue weighted by molar-refractivity contribution is -0.484. The molecular formula is C5H11N2S+. The summed E-state index contributed by atoms with van der Waals surface area (Å²) in [6, 6.07) is 0. The second-order valence-corrected chi connectivity index (χ2v) is 1.99. The quantitative estimate of drug-likeness (QED) is 0.179. The number of amidine groups is 1. The van der Waals surface area contributed by atoms with Crippen LogP contribution in [0, 0.1) is 0 Å². The van der Waals surface area contributed by atoms with Gasteiger partial charge in [0.15, 0.2) is 0 Å². The van der Waals surface area contributed by atoms with E-state index < -0.39 is 0 Å². The van der Waals surface area contributed by atoms with E-state index >= 15 is 0 Å². The fourth-order valence-corrected chi connectivity index (χ4v) is 0.369. The van der Waals surface area contributed by atoms with Gasteiger partial charge in [0.2, 0.25) is 0 Å². The molecule has 0 aromatic rings. The molecule has 3 heteroatoms. The van der Waals surface area contributed by atoms with Crippen LogP contribution in [0.2, 0.25) is 0 Å². The topological polar surface area (TPSA) is 29.0 Å². The van der Waals surface area contributed by atoms with Crippen LogP contribution in [-0.4, -0.2) is 23.3 Å². The number of hydrogen-bond donors (Lipinski definition) is 2. The Hall–Kier alpha value is -0.440. The van der Waals surface area contributed by atoms with Gasteiger partial charge in [0.1, 0.15) is 6.54 Å². The van der Waals surface area contributed by atoms with Crippen molar-refractivity contribution in [1.29, 1.82) is 0 Å². The zero-order valence-electron chi connectivity index (χ0n) is 4.96. The monoisotopic (exact) mass is 131 g/mol. The van der Waals surface area contributed by atoms with Crippen molar-refractivity contribution in [3.05, 3.63) is 12.7 Å². The number of rotatable bonds is 2. The predicted molar refractivity (Wildman–Crippen MR) is 39.4 cm³/mol. The normalized spacial score (nSPS) is 12.8. The molecule has 0 unspecified atom stereocenters. The van der Waals surface area contributed by atoms with Gasteiger partial charge in [-0.2, -0.15) is 0 Å². The number of nitrogens with two attached hydrogens (primary N) is 1. The minimum atomic E-state index is 0.518. The molecule has 0 aromatic heterocycles. The Labute approximate surface area is 55.1 Å². The van der Waals surface area contributed by atoms with E-state index in [1.54, 1.807) is 10.7 Å². The summed E-state index contributed by atoms with van der Waals surface area (Å²) in [4.78, 5) is 0. The first-order chi connectivity index (χ1) is 3.68. The average molecular weight is 131 g/mol. The van der Waals surface area contributed by atoms with Gasteiger partial charge in [-0.15, -0.1) is 0 Å². The molecule has 0 fully saturated rings. The van der Waals surface area contributed by atoms with Crippen molar-refractivity contribution >= 4 is 17.8 Å². The molecule has 0 saturated carbocycles. The standard InChI is InChI=1S/C5H10N2S/c1-3-4-7(2)5(6)8/h3H,1,4H2,2H3,(H2,6,8)/p+1. The molecule has 0 atom stereocenters. The third kappa shape index (κ3) is 2.69. The molecule has 0 amide bonds. The number of nitrogens with zero attached hydrogens (tertiary/aromatic N) is 1. The lowest BCUT2D eigenvalue weighted by atomic mass is 10.6. The lowest BCUT2D eigenvalue weighted by Gasteiger charge is -1.93. The summed E-state index contributed by atoms with van der Waals surface area (Å²) in [5.41, 5.74) is 5.28. The first-order valence-electron chi connectivity index (χ1n) is 2.32. The van der Waals surface area contributed by atoms with Crippen molar-refractivity contribution in [2.75, 3.05) is 13.6 Å². The fourth-order valence-electron chi connectivity index (χ4n) is 0.287. The molecule has 0 heterocycles. The van der Waals surface area contributed by atoms with Crippen LogP contribution in [0.15, 0.2) is 12.7 Å². The molecule has 0 bridgehead atoms. The maximum atomic E-state index is 5.28. The summed E-state index contributed by atoms with van der Waals surface area (Å²) < 4.78 is 1.79. The largest absolute Gasteiger partial charge is 0.300 e. The Morgan fingerprint density at radius 2 is 2.50 bits per heavy atom. The Morgan fingerprint density at radius 1 is 2.00 bits per heavy atom. The van der Waals surface area contributed by atoms with Crippen LogP contribution in [0.1, 0.15) is 0 Å². The van der Waals surface area contributed by atoms with E-state index in [1.165, 1.54) is 0 Å². The Kier molecular flexibility index (Phi) is 3.35. The molecule has 0 aliphatic carbocycles. The Morgan fingerprint density at radius 3 is 2.62 bits per heavy atom. The molecule has 0 rings (SSSR count). The molecule has 0 aromatic carbocycles. The summed E-state index contributed by atoms with van der Waals surface area (Å²) >= 11 is 3.90. The van der Waals surface area contributed by atoms with E-state index in [-0.39, 0.29) is 0 Å². The summed E-state index contributed by atoms with van der Waals surface area (Å²) in [5, 5.41) is 0.518. The summed E-state index contributed by atoms with van der Waals surface area (Å²) in [7, 11) is 1.85. The highest BCUT2D eigenvalue weighted by atomic mass is 32.1. The summed E-state index contributed by atoms with van der Waals surface area (Å²) in [5.74, 6) is 0. The second kappa shape index (κ2) is 3.55. The number of thiol groups is 1. The molecule has 2 N–H and O–H groups in total. The van der Waals surface area contributed by atoms with Crippen LogP contribution >= 0.6 is 12.6 Å². The van der Waals surface area contributed by atoms with Crippen molar-refractivity contribution in [3.8, 4) is 0 Å². The fraction of sp³-hybridized carbons (Fsp3) is 0.400. The average Bonchev–Trinajstić information content (AvgIpc) is 1.67. The highest BCUT2D eigenvalue weighted by molar-refractivity contribution is 7.96. The van der Waals surface area contributed by atoms with E-state index in [2.05, 4.69) is 19.2 Å². The summed E-state index contributed by atoms with van der Waals surface area (Å²) in [6.07, 6.45) is 1.77. The zero-order valence-corrected chi connectivity index (χ0v) is 5.86. The van der Waals surface area contributed by atoms with Gasteiger partial charge in [0.25, 0.3) is 0 Å². The van der Waals surface area contributed by atoms with Gasteiger partial charge in [-0.25, -0.2) is 0 Å². The molecule has 0 saturated heterocycles. The number of hydrogen-bond acceptors (Lipinski definition) is 0. The third-order valence-electron chi connectivity index (χ3n) is 0.794. The van der Waals surface area contributed by atoms with E-state index in [0.29, 0.717) is 5.17 Å². The lowest BCUT2D eigenvalue weighted by Crippen LogP contribution is -2.19. The van der Waals surface area contributed by atoms with Gasteiger partial charge in [0, 0.05) is 0 Å². The van der Waals surface area contributed by atoms with Gasteiger partial charge in [-0.05, 0) is 0 Å². The maximum absolute atomic E-state index is 5.28. The summed E-state index contributed by atoms with van der Waals surface area (Å²) in [6.45, 7) is 4.28. The molecule has 46 valence electrons. The highest BCUT2D eigenvalue weighted by Gasteiger charge is 1.91. The van der Waals surface area contributed by atoms with Crippen molar-refractivity contribution in [1.82, 2.24) is 0 Å². The molecule has 2 nitrogen and oxygen atoms in total. The highest BCUT2D eigenvalue weighted by Crippen LogP contribution is 1.74. The van der Waals surface area contributed by atoms with Gasteiger partial charge in [-0.3, -0.25) is 10.3 Å². The van der Waals surface area contributed by atoms with Gasteiger partial charge >= 0.3 is 5.17 Å². The maximum Gasteiger partial charge on any atom is 0.300 e. The van der Waals surface area contributed by atoms with Crippen molar-refractivity contribution in [3.63, 3.8) is 0 Å².